The molecule has 0 radical (unpaired) electrons. The van der Waals surface area contributed by atoms with Crippen molar-refractivity contribution in [3.05, 3.63) is 23.3 Å². The number of methoxy groups -OCH3 is 1. The van der Waals surface area contributed by atoms with Crippen molar-refractivity contribution in [1.82, 2.24) is 10.6 Å². The Balaban J connectivity index is 3.17. The molecule has 0 amide bonds. The molecule has 0 fully saturated rings. The highest BCUT2D eigenvalue weighted by atomic mass is 127. The molecule has 5 unspecified atom stereocenters. The lowest BCUT2D eigenvalue weighted by Crippen LogP contribution is -2.36. The van der Waals surface area contributed by atoms with Crippen molar-refractivity contribution in [3.8, 4) is 5.75 Å². The second kappa shape index (κ2) is 14.8. The summed E-state index contributed by atoms with van der Waals surface area (Å²) in [5, 5.41) is 19.0. The molecule has 0 aliphatic rings. The lowest BCUT2D eigenvalue weighted by atomic mass is 9.97. The van der Waals surface area contributed by atoms with Gasteiger partial charge in [-0.1, -0.05) is 27.5 Å². The van der Waals surface area contributed by atoms with Gasteiger partial charge in [-0.15, -0.1) is 0 Å². The SMILES string of the molecule is BP(I)c1cc(C(C)NC(C)CC(=O)OC)c(O)c(C(C)NC(CCC=O)COC=O)c1. The average molecular weight is 578 g/mol. The molecule has 5 atom stereocenters. The first-order valence-electron chi connectivity index (χ1n) is 10.5. The molecule has 0 heterocycles. The van der Waals surface area contributed by atoms with E-state index in [1.807, 2.05) is 32.9 Å². The smallest absolute Gasteiger partial charge is 0.307 e. The Labute approximate surface area is 205 Å². The average Bonchev–Trinajstić information content (AvgIpc) is 2.74. The van der Waals surface area contributed by atoms with Crippen molar-refractivity contribution >= 4 is 59.1 Å². The molecule has 32 heavy (non-hydrogen) atoms. The molecule has 0 aromatic heterocycles. The van der Waals surface area contributed by atoms with Gasteiger partial charge in [0.15, 0.2) is 7.57 Å². The molecule has 11 heteroatoms. The number of carbonyl (C=O) groups excluding carboxylic acids is 3. The summed E-state index contributed by atoms with van der Waals surface area (Å²) < 4.78 is 9.64. The molecule has 178 valence electrons. The van der Waals surface area contributed by atoms with Gasteiger partial charge in [-0.05, 0) is 44.6 Å². The second-order valence-corrected chi connectivity index (χ2v) is 13.6. The fourth-order valence-electron chi connectivity index (χ4n) is 3.49. The molecule has 1 aromatic carbocycles. The van der Waals surface area contributed by atoms with Gasteiger partial charge in [-0.2, -0.15) is 0 Å². The maximum atomic E-state index is 11.6. The van der Waals surface area contributed by atoms with Crippen LogP contribution in [0, 0.1) is 0 Å². The van der Waals surface area contributed by atoms with Crippen LogP contribution < -0.4 is 15.9 Å². The van der Waals surface area contributed by atoms with Gasteiger partial charge in [0.1, 0.15) is 18.6 Å². The van der Waals surface area contributed by atoms with E-state index < -0.39 is 5.44 Å². The fraction of sp³-hybridized carbons (Fsp3) is 0.571. The van der Waals surface area contributed by atoms with Gasteiger partial charge in [-0.25, -0.2) is 0 Å². The van der Waals surface area contributed by atoms with E-state index in [4.69, 9.17) is 9.47 Å². The van der Waals surface area contributed by atoms with E-state index in [2.05, 4.69) is 40.2 Å². The first-order valence-corrected chi connectivity index (χ1v) is 15.1. The van der Waals surface area contributed by atoms with Gasteiger partial charge in [0, 0.05) is 41.7 Å². The molecule has 0 saturated carbocycles. The number of phenolic OH excluding ortho intramolecular Hbond substituents is 1. The third-order valence-electron chi connectivity index (χ3n) is 5.16. The van der Waals surface area contributed by atoms with Gasteiger partial charge < -0.3 is 30.0 Å². The predicted molar refractivity (Wildman–Crippen MR) is 138 cm³/mol. The van der Waals surface area contributed by atoms with Crippen LogP contribution >= 0.6 is 27.5 Å². The van der Waals surface area contributed by atoms with E-state index in [0.717, 1.165) is 22.7 Å². The molecule has 1 rings (SSSR count). The Morgan fingerprint density at radius 2 is 1.81 bits per heavy atom. The summed E-state index contributed by atoms with van der Waals surface area (Å²) >= 11 is 2.39. The normalized spacial score (nSPS) is 15.8. The Bertz CT molecular complexity index is 758. The number of phenols is 1. The van der Waals surface area contributed by atoms with Crippen molar-refractivity contribution < 1.29 is 29.0 Å². The summed E-state index contributed by atoms with van der Waals surface area (Å²) in [6.45, 7) is 6.31. The summed E-state index contributed by atoms with van der Waals surface area (Å²) in [7, 11) is 3.50. The highest BCUT2D eigenvalue weighted by Crippen LogP contribution is 2.42. The first kappa shape index (κ1) is 28.8. The minimum absolute atomic E-state index is 0.129. The number of carbonyl (C=O) groups is 3. The standard InChI is InChI=1S/C21H33BIN2O6P/c1-13(8-20(28)30-4)24-14(2)18-9-17(32(22)23)10-19(21(18)29)15(3)25-16(6-5-7-26)11-31-12-27/h7,9-10,12-16,24-25,29H,5-6,8,11,22H2,1-4H3. The fourth-order valence-corrected chi connectivity index (χ4v) is 4.96. The van der Waals surface area contributed by atoms with Gasteiger partial charge >= 0.3 is 5.97 Å². The Kier molecular flexibility index (Phi) is 13.3. The second-order valence-electron chi connectivity index (χ2n) is 7.78. The third-order valence-corrected chi connectivity index (χ3v) is 7.80. The zero-order chi connectivity index (χ0) is 24.3. The minimum atomic E-state index is -0.454. The van der Waals surface area contributed by atoms with Crippen molar-refractivity contribution in [2.45, 2.75) is 64.2 Å². The molecule has 3 N–H and O–H groups in total. The number of rotatable bonds is 15. The first-order chi connectivity index (χ1) is 15.1. The summed E-state index contributed by atoms with van der Waals surface area (Å²) in [5.74, 6) is -0.116. The number of halogens is 1. The maximum absolute atomic E-state index is 11.6. The van der Waals surface area contributed by atoms with Crippen molar-refractivity contribution in [1.29, 1.82) is 0 Å². The number of esters is 1. The number of nitrogens with one attached hydrogen (secondary N) is 2. The van der Waals surface area contributed by atoms with Crippen LogP contribution in [0.3, 0.4) is 0 Å². The van der Waals surface area contributed by atoms with E-state index in [1.165, 1.54) is 7.11 Å². The zero-order valence-electron chi connectivity index (χ0n) is 19.3. The van der Waals surface area contributed by atoms with E-state index in [9.17, 15) is 19.5 Å². The lowest BCUT2D eigenvalue weighted by molar-refractivity contribution is -0.141. The van der Waals surface area contributed by atoms with Crippen LogP contribution in [0.1, 0.15) is 63.2 Å². The minimum Gasteiger partial charge on any atom is -0.507 e. The van der Waals surface area contributed by atoms with Crippen LogP contribution in [0.15, 0.2) is 12.1 Å². The highest BCUT2D eigenvalue weighted by molar-refractivity contribution is 14.2. The summed E-state index contributed by atoms with van der Waals surface area (Å²) in [4.78, 5) is 33.0. The van der Waals surface area contributed by atoms with Crippen LogP contribution in [0.4, 0.5) is 0 Å². The van der Waals surface area contributed by atoms with Gasteiger partial charge in [0.2, 0.25) is 0 Å². The molecule has 1 aromatic rings. The zero-order valence-corrected chi connectivity index (χ0v) is 22.3. The van der Waals surface area contributed by atoms with Crippen LogP contribution in [0.25, 0.3) is 0 Å². The van der Waals surface area contributed by atoms with Crippen LogP contribution in [-0.4, -0.2) is 57.2 Å². The van der Waals surface area contributed by atoms with Crippen molar-refractivity contribution in [2.75, 3.05) is 13.7 Å². The van der Waals surface area contributed by atoms with Crippen LogP contribution in [0.5, 0.6) is 5.75 Å². The van der Waals surface area contributed by atoms with Gasteiger partial charge in [0.05, 0.1) is 13.5 Å². The van der Waals surface area contributed by atoms with E-state index >= 15 is 0 Å². The molecule has 0 aliphatic heterocycles. The largest absolute Gasteiger partial charge is 0.507 e. The summed E-state index contributed by atoms with van der Waals surface area (Å²) in [5.41, 5.74) is 1.03. The maximum Gasteiger partial charge on any atom is 0.307 e. The van der Waals surface area contributed by atoms with Gasteiger partial charge in [-0.3, -0.25) is 9.59 Å². The Morgan fingerprint density at radius 3 is 2.31 bits per heavy atom. The number of aldehydes is 1. The summed E-state index contributed by atoms with van der Waals surface area (Å²) in [6.07, 6.45) is 1.93. The van der Waals surface area contributed by atoms with Crippen LogP contribution in [0.2, 0.25) is 0 Å². The molecule has 0 saturated heterocycles. The molecule has 0 aliphatic carbocycles. The van der Waals surface area contributed by atoms with Gasteiger partial charge in [0.25, 0.3) is 6.47 Å². The predicted octanol–water partition coefficient (Wildman–Crippen LogP) is 2.17. The number of hydrogen-bond acceptors (Lipinski definition) is 8. The monoisotopic (exact) mass is 578 g/mol. The number of hydrogen-bond donors (Lipinski definition) is 3. The topological polar surface area (TPSA) is 114 Å². The molecule has 0 bridgehead atoms. The Hall–Kier alpha value is -1.23. The van der Waals surface area contributed by atoms with Crippen molar-refractivity contribution in [3.63, 3.8) is 0 Å². The lowest BCUT2D eigenvalue weighted by Gasteiger charge is -2.27. The highest BCUT2D eigenvalue weighted by Gasteiger charge is 2.23. The quantitative estimate of drug-likeness (QED) is 0.0955. The number of aromatic hydroxyl groups is 1. The van der Waals surface area contributed by atoms with Crippen molar-refractivity contribution in [2.24, 2.45) is 0 Å². The van der Waals surface area contributed by atoms with Crippen LogP contribution in [-0.2, 0) is 23.9 Å². The number of ether oxygens (including phenoxy) is 2. The van der Waals surface area contributed by atoms with E-state index in [0.29, 0.717) is 19.3 Å². The molecular formula is C21H33BIN2O6P. The van der Waals surface area contributed by atoms with E-state index in [1.54, 1.807) is 0 Å². The number of benzene rings is 1. The summed E-state index contributed by atoms with van der Waals surface area (Å²) in [6, 6.07) is 3.21. The van der Waals surface area contributed by atoms with E-state index in [-0.39, 0.29) is 48.9 Å². The molecule has 8 nitrogen and oxygen atoms in total. The molecular weight excluding hydrogens is 545 g/mol. The molecule has 0 spiro atoms. The Morgan fingerprint density at radius 1 is 1.22 bits per heavy atom. The third kappa shape index (κ3) is 9.33.